The fraction of sp³-hybridized carbons (Fsp3) is 0.378. The summed E-state index contributed by atoms with van der Waals surface area (Å²) in [6.45, 7) is 14.0. The molecule has 0 aromatic carbocycles. The summed E-state index contributed by atoms with van der Waals surface area (Å²) in [6, 6.07) is 5.80. The number of esters is 3. The maximum absolute atomic E-state index is 13.4. The molecule has 246 valence electrons. The summed E-state index contributed by atoms with van der Waals surface area (Å²) in [6.07, 6.45) is 2.86. The molecule has 0 saturated heterocycles. The van der Waals surface area contributed by atoms with Gasteiger partial charge in [-0.15, -0.1) is 16.7 Å². The van der Waals surface area contributed by atoms with E-state index < -0.39 is 11.9 Å². The van der Waals surface area contributed by atoms with E-state index >= 15 is 0 Å². The molecule has 5 rings (SSSR count). The normalized spacial score (nSPS) is 16.2. The van der Waals surface area contributed by atoms with Crippen molar-refractivity contribution in [1.82, 2.24) is 19.9 Å². The molecule has 3 aliphatic rings. The Morgan fingerprint density at radius 3 is 2.17 bits per heavy atom. The van der Waals surface area contributed by atoms with Gasteiger partial charge >= 0.3 is 45.2 Å². The summed E-state index contributed by atoms with van der Waals surface area (Å²) in [5, 5.41) is 0. The van der Waals surface area contributed by atoms with Crippen LogP contribution < -0.4 is 9.97 Å². The first kappa shape index (κ1) is 36.8. The maximum atomic E-state index is 13.4. The molecule has 0 spiro atoms. The molecule has 5 heterocycles. The van der Waals surface area contributed by atoms with Crippen LogP contribution in [0.1, 0.15) is 103 Å². The van der Waals surface area contributed by atoms with E-state index in [1.807, 2.05) is 39.0 Å². The number of carbonyl (C=O) groups is 3. The number of nitrogens with zero attached hydrogens (tertiary/aromatic N) is 4. The Kier molecular flexibility index (Phi) is 11.5. The predicted molar refractivity (Wildman–Crippen MR) is 180 cm³/mol. The third-order valence-electron chi connectivity index (χ3n) is 9.40. The first-order valence-corrected chi connectivity index (χ1v) is 15.7. The van der Waals surface area contributed by atoms with E-state index in [1.54, 1.807) is 13.0 Å². The standard InChI is InChI=1S/C37H41N4O6.Cd/c1-10-22-18(3)26-15-28-20(5)24(12-13-32(42)45-7)35(40-28)25(14-33(43)46-8)36-34(37(44)47-9)21(6)29(41-36)17-31-23(11-2)19(4)27(39-31)16-30(22)38-26;/h10,15-17,20,24H,1,11-14H2,2-9H3,(H-,38,39,40,41,44);/q-1;+2/p-1. The zero-order valence-corrected chi connectivity index (χ0v) is 33.0. The van der Waals surface area contributed by atoms with Crippen LogP contribution in [-0.4, -0.2) is 49.2 Å². The Bertz CT molecular complexity index is 1950. The summed E-state index contributed by atoms with van der Waals surface area (Å²) < 4.78 is 15.3. The molecule has 3 aliphatic heterocycles. The van der Waals surface area contributed by atoms with Crippen LogP contribution in [0.4, 0.5) is 0 Å². The Morgan fingerprint density at radius 1 is 0.875 bits per heavy atom. The zero-order chi connectivity index (χ0) is 34.2. The number of aryl methyl sites for hydroxylation is 2. The molecule has 10 nitrogen and oxygen atoms in total. The van der Waals surface area contributed by atoms with Gasteiger partial charge in [-0.1, -0.05) is 55.8 Å². The molecule has 0 saturated carbocycles. The summed E-state index contributed by atoms with van der Waals surface area (Å²) >= 11 is 0. The van der Waals surface area contributed by atoms with E-state index in [9.17, 15) is 14.4 Å². The molecule has 11 heteroatoms. The molecule has 0 aliphatic carbocycles. The summed E-state index contributed by atoms with van der Waals surface area (Å²) in [7, 11) is 3.97. The molecule has 2 atom stereocenters. The summed E-state index contributed by atoms with van der Waals surface area (Å²) in [4.78, 5) is 58.9. The zero-order valence-electron chi connectivity index (χ0n) is 28.9. The SMILES string of the molecule is C=CC1=C(C)c2cc3[n-]c(c(CC(=O)OC)c4nc(cc5[n-]c(cc1n2)c(C)c5CC)C(C)=C4C(=O)OC)C(CCC(=O)OC)C3C.[Cd+2]. The minimum Gasteiger partial charge on any atom is -0.664 e. The molecule has 0 fully saturated rings. The van der Waals surface area contributed by atoms with Crippen LogP contribution in [0, 0.1) is 6.92 Å². The third kappa shape index (κ3) is 6.63. The van der Waals surface area contributed by atoms with Crippen LogP contribution in [0.2, 0.25) is 0 Å². The third-order valence-corrected chi connectivity index (χ3v) is 9.40. The van der Waals surface area contributed by atoms with E-state index in [0.29, 0.717) is 34.6 Å². The van der Waals surface area contributed by atoms with Gasteiger partial charge in [-0.05, 0) is 62.2 Å². The van der Waals surface area contributed by atoms with Crippen LogP contribution in [0.15, 0.2) is 30.9 Å². The van der Waals surface area contributed by atoms with Gasteiger partial charge in [0.15, 0.2) is 0 Å². The van der Waals surface area contributed by atoms with Gasteiger partial charge in [-0.2, -0.15) is 5.69 Å². The Balaban J connectivity index is 0.00000520. The molecule has 0 N–H and O–H groups in total. The average Bonchev–Trinajstić information content (AvgIpc) is 3.74. The van der Waals surface area contributed by atoms with Crippen molar-refractivity contribution in [2.75, 3.05) is 21.3 Å². The van der Waals surface area contributed by atoms with Gasteiger partial charge in [-0.3, -0.25) is 9.59 Å². The number of rotatable bonds is 8. The van der Waals surface area contributed by atoms with E-state index in [1.165, 1.54) is 21.3 Å². The first-order valence-electron chi connectivity index (χ1n) is 15.7. The predicted octanol–water partition coefficient (Wildman–Crippen LogP) is 5.94. The van der Waals surface area contributed by atoms with Gasteiger partial charge in [0.1, 0.15) is 0 Å². The van der Waals surface area contributed by atoms with Gasteiger partial charge in [0.05, 0.1) is 56.1 Å². The summed E-state index contributed by atoms with van der Waals surface area (Å²) in [5.41, 5.74) is 10.3. The van der Waals surface area contributed by atoms with Crippen LogP contribution in [0.5, 0.6) is 0 Å². The molecule has 2 aromatic heterocycles. The smallest absolute Gasteiger partial charge is 0.664 e. The van der Waals surface area contributed by atoms with Crippen LogP contribution >= 0.6 is 0 Å². The van der Waals surface area contributed by atoms with Crippen molar-refractivity contribution in [3.8, 4) is 0 Å². The summed E-state index contributed by atoms with van der Waals surface area (Å²) in [5.74, 6) is -1.95. The van der Waals surface area contributed by atoms with Crippen LogP contribution in [-0.2, 0) is 68.7 Å². The van der Waals surface area contributed by atoms with Gasteiger partial charge < -0.3 is 24.2 Å². The monoisotopic (exact) mass is 750 g/mol. The molecular weight excluding hydrogens is 709 g/mol. The van der Waals surface area contributed by atoms with E-state index in [2.05, 4.69) is 13.5 Å². The molecular formula is C37H40CdN4O6. The van der Waals surface area contributed by atoms with E-state index in [0.717, 1.165) is 56.8 Å². The molecule has 0 radical (unpaired) electrons. The van der Waals surface area contributed by atoms with Crippen molar-refractivity contribution < 1.29 is 55.9 Å². The van der Waals surface area contributed by atoms with Crippen molar-refractivity contribution in [2.24, 2.45) is 0 Å². The van der Waals surface area contributed by atoms with Crippen molar-refractivity contribution >= 4 is 51.2 Å². The largest absolute Gasteiger partial charge is 2.00 e. The average molecular weight is 749 g/mol. The van der Waals surface area contributed by atoms with Crippen molar-refractivity contribution in [3.05, 3.63) is 81.7 Å². The number of ether oxygens (including phenoxy) is 3. The first-order chi connectivity index (χ1) is 22.5. The fourth-order valence-corrected chi connectivity index (χ4v) is 6.62. The van der Waals surface area contributed by atoms with E-state index in [4.69, 9.17) is 34.1 Å². The Hall–Kier alpha value is -4.07. The molecule has 2 unspecified atom stereocenters. The number of hydrogen-bond donors (Lipinski definition) is 0. The van der Waals surface area contributed by atoms with Crippen LogP contribution in [0.3, 0.4) is 0 Å². The number of methoxy groups -OCH3 is 3. The molecule has 8 bridgehead atoms. The minimum absolute atomic E-state index is 0. The fourth-order valence-electron chi connectivity index (χ4n) is 6.62. The van der Waals surface area contributed by atoms with Crippen molar-refractivity contribution in [3.63, 3.8) is 0 Å². The van der Waals surface area contributed by atoms with E-state index in [-0.39, 0.29) is 63.5 Å². The number of aromatic nitrogens is 4. The Morgan fingerprint density at radius 2 is 1.54 bits per heavy atom. The minimum atomic E-state index is -0.587. The maximum Gasteiger partial charge on any atom is 2.00 e. The van der Waals surface area contributed by atoms with Crippen molar-refractivity contribution in [1.29, 1.82) is 0 Å². The number of allylic oxidation sites excluding steroid dienone is 4. The van der Waals surface area contributed by atoms with Gasteiger partial charge in [0.2, 0.25) is 0 Å². The molecule has 2 aromatic rings. The van der Waals surface area contributed by atoms with Crippen molar-refractivity contribution in [2.45, 2.75) is 72.1 Å². The van der Waals surface area contributed by atoms with Gasteiger partial charge in [0.25, 0.3) is 0 Å². The van der Waals surface area contributed by atoms with Crippen LogP contribution in [0.25, 0.3) is 33.3 Å². The molecule has 0 amide bonds. The number of hydrogen-bond acceptors (Lipinski definition) is 8. The number of fused-ring (bicyclic) bond motifs is 8. The molecule has 48 heavy (non-hydrogen) atoms. The Labute approximate surface area is 300 Å². The topological polar surface area (TPSA) is 133 Å². The quantitative estimate of drug-likeness (QED) is 0.182. The second-order valence-electron chi connectivity index (χ2n) is 11.9. The van der Waals surface area contributed by atoms with Gasteiger partial charge in [-0.25, -0.2) is 14.8 Å². The second-order valence-corrected chi connectivity index (χ2v) is 11.9. The van der Waals surface area contributed by atoms with Gasteiger partial charge in [0, 0.05) is 12.0 Å². The second kappa shape index (κ2) is 15.0. The number of carbonyl (C=O) groups excluding carboxylic acids is 3.